The van der Waals surface area contributed by atoms with Gasteiger partial charge in [-0.2, -0.15) is 18.3 Å². The molecule has 8 heteroatoms. The molecule has 2 rings (SSSR count). The zero-order chi connectivity index (χ0) is 14.9. The zero-order valence-electron chi connectivity index (χ0n) is 10.1. The Labute approximate surface area is 111 Å². The van der Waals surface area contributed by atoms with E-state index in [9.17, 15) is 18.0 Å². The summed E-state index contributed by atoms with van der Waals surface area (Å²) in [5.74, 6) is -1.47. The summed E-state index contributed by atoms with van der Waals surface area (Å²) in [5, 5.41) is 12.5. The van der Waals surface area contributed by atoms with E-state index in [2.05, 4.69) is 5.10 Å². The second-order valence-electron chi connectivity index (χ2n) is 4.06. The van der Waals surface area contributed by atoms with E-state index in [1.165, 1.54) is 18.2 Å². The molecule has 0 amide bonds. The summed E-state index contributed by atoms with van der Waals surface area (Å²) in [4.78, 5) is 10.8. The molecular formula is C12H10F3N3O2. The van der Waals surface area contributed by atoms with Crippen LogP contribution in [0.1, 0.15) is 21.5 Å². The number of nitrogen functional groups attached to an aromatic ring is 1. The summed E-state index contributed by atoms with van der Waals surface area (Å²) in [6.07, 6.45) is -3.48. The molecular weight excluding hydrogens is 275 g/mol. The van der Waals surface area contributed by atoms with Crippen LogP contribution in [-0.4, -0.2) is 20.9 Å². The molecule has 0 radical (unpaired) electrons. The van der Waals surface area contributed by atoms with E-state index >= 15 is 0 Å². The standard InChI is InChI=1S/C12H10F3N3O2/c13-12(14,15)9-4-2-1-3-7(9)6-18-10(16)8(5-17-18)11(19)20/h1-5H,6,16H2,(H,19,20). The molecule has 0 saturated carbocycles. The molecule has 20 heavy (non-hydrogen) atoms. The Morgan fingerprint density at radius 2 is 2.00 bits per heavy atom. The van der Waals surface area contributed by atoms with Crippen molar-refractivity contribution in [3.63, 3.8) is 0 Å². The minimum atomic E-state index is -4.49. The largest absolute Gasteiger partial charge is 0.477 e. The SMILES string of the molecule is Nc1c(C(=O)O)cnn1Cc1ccccc1C(F)(F)F. The molecule has 0 aliphatic heterocycles. The van der Waals surface area contributed by atoms with Crippen LogP contribution in [0.5, 0.6) is 0 Å². The average Bonchev–Trinajstić information content (AvgIpc) is 2.70. The molecule has 0 saturated heterocycles. The highest BCUT2D eigenvalue weighted by atomic mass is 19.4. The van der Waals surface area contributed by atoms with Gasteiger partial charge in [0.1, 0.15) is 11.4 Å². The van der Waals surface area contributed by atoms with Crippen LogP contribution in [0.3, 0.4) is 0 Å². The van der Waals surface area contributed by atoms with Crippen molar-refractivity contribution in [3.05, 3.63) is 47.2 Å². The third kappa shape index (κ3) is 2.58. The smallest absolute Gasteiger partial charge is 0.416 e. The highest BCUT2D eigenvalue weighted by Gasteiger charge is 2.33. The first kappa shape index (κ1) is 13.9. The number of halogens is 3. The lowest BCUT2D eigenvalue weighted by Gasteiger charge is -2.13. The van der Waals surface area contributed by atoms with Crippen LogP contribution < -0.4 is 5.73 Å². The van der Waals surface area contributed by atoms with E-state index < -0.39 is 17.7 Å². The Morgan fingerprint density at radius 3 is 2.55 bits per heavy atom. The van der Waals surface area contributed by atoms with E-state index in [-0.39, 0.29) is 23.5 Å². The van der Waals surface area contributed by atoms with Gasteiger partial charge in [0.05, 0.1) is 18.3 Å². The van der Waals surface area contributed by atoms with Crippen LogP contribution in [0.2, 0.25) is 0 Å². The highest BCUT2D eigenvalue weighted by molar-refractivity contribution is 5.92. The number of aromatic nitrogens is 2. The van der Waals surface area contributed by atoms with Gasteiger partial charge in [0, 0.05) is 0 Å². The Morgan fingerprint density at radius 1 is 1.35 bits per heavy atom. The predicted molar refractivity (Wildman–Crippen MR) is 64.1 cm³/mol. The Bertz CT molecular complexity index is 650. The number of aromatic carboxylic acids is 1. The molecule has 1 aromatic heterocycles. The van der Waals surface area contributed by atoms with Crippen molar-refractivity contribution >= 4 is 11.8 Å². The van der Waals surface area contributed by atoms with E-state index in [1.807, 2.05) is 0 Å². The number of carboxylic acids is 1. The monoisotopic (exact) mass is 285 g/mol. The van der Waals surface area contributed by atoms with E-state index in [0.717, 1.165) is 16.9 Å². The van der Waals surface area contributed by atoms with E-state index in [1.54, 1.807) is 0 Å². The molecule has 3 N–H and O–H groups in total. The number of benzene rings is 1. The molecule has 0 aliphatic rings. The molecule has 0 spiro atoms. The van der Waals surface area contributed by atoms with Gasteiger partial charge in [0.15, 0.2) is 0 Å². The van der Waals surface area contributed by atoms with Crippen LogP contribution in [0.15, 0.2) is 30.5 Å². The fourth-order valence-electron chi connectivity index (χ4n) is 1.78. The quantitative estimate of drug-likeness (QED) is 0.906. The zero-order valence-corrected chi connectivity index (χ0v) is 10.1. The van der Waals surface area contributed by atoms with Gasteiger partial charge in [-0.15, -0.1) is 0 Å². The third-order valence-corrected chi connectivity index (χ3v) is 2.75. The minimum absolute atomic E-state index is 0.0354. The van der Waals surface area contributed by atoms with Crippen molar-refractivity contribution < 1.29 is 23.1 Å². The summed E-state index contributed by atoms with van der Waals surface area (Å²) < 4.78 is 39.5. The molecule has 0 atom stereocenters. The molecule has 1 aromatic carbocycles. The lowest BCUT2D eigenvalue weighted by Crippen LogP contribution is -2.14. The lowest BCUT2D eigenvalue weighted by atomic mass is 10.1. The highest BCUT2D eigenvalue weighted by Crippen LogP contribution is 2.32. The van der Waals surface area contributed by atoms with Crippen LogP contribution >= 0.6 is 0 Å². The van der Waals surface area contributed by atoms with Crippen molar-refractivity contribution in [1.29, 1.82) is 0 Å². The second-order valence-corrected chi connectivity index (χ2v) is 4.06. The first-order chi connectivity index (χ1) is 9.30. The lowest BCUT2D eigenvalue weighted by molar-refractivity contribution is -0.138. The maximum absolute atomic E-state index is 12.8. The Hall–Kier alpha value is -2.51. The number of hydrogen-bond acceptors (Lipinski definition) is 3. The number of carboxylic acid groups (broad SMARTS) is 1. The topological polar surface area (TPSA) is 81.1 Å². The van der Waals surface area contributed by atoms with E-state index in [0.29, 0.717) is 0 Å². The van der Waals surface area contributed by atoms with Crippen molar-refractivity contribution in [3.8, 4) is 0 Å². The molecule has 0 aliphatic carbocycles. The van der Waals surface area contributed by atoms with Crippen molar-refractivity contribution in [2.24, 2.45) is 0 Å². The first-order valence-electron chi connectivity index (χ1n) is 5.50. The normalized spacial score (nSPS) is 11.6. The predicted octanol–water partition coefficient (Wildman–Crippen LogP) is 2.23. The number of alkyl halides is 3. The fourth-order valence-corrected chi connectivity index (χ4v) is 1.78. The maximum Gasteiger partial charge on any atom is 0.416 e. The van der Waals surface area contributed by atoms with Gasteiger partial charge in [0.2, 0.25) is 0 Å². The van der Waals surface area contributed by atoms with Gasteiger partial charge in [-0.3, -0.25) is 0 Å². The Balaban J connectivity index is 2.39. The minimum Gasteiger partial charge on any atom is -0.477 e. The molecule has 2 aromatic rings. The summed E-state index contributed by atoms with van der Waals surface area (Å²) in [5.41, 5.74) is 4.47. The van der Waals surface area contributed by atoms with Gasteiger partial charge in [-0.1, -0.05) is 18.2 Å². The molecule has 0 bridgehead atoms. The van der Waals surface area contributed by atoms with Gasteiger partial charge < -0.3 is 10.8 Å². The van der Waals surface area contributed by atoms with Crippen LogP contribution in [0.25, 0.3) is 0 Å². The van der Waals surface area contributed by atoms with Gasteiger partial charge in [0.25, 0.3) is 0 Å². The van der Waals surface area contributed by atoms with Crippen molar-refractivity contribution in [2.45, 2.75) is 12.7 Å². The van der Waals surface area contributed by atoms with Crippen LogP contribution in [-0.2, 0) is 12.7 Å². The van der Waals surface area contributed by atoms with Crippen molar-refractivity contribution in [2.75, 3.05) is 5.73 Å². The summed E-state index contributed by atoms with van der Waals surface area (Å²) >= 11 is 0. The fraction of sp³-hybridized carbons (Fsp3) is 0.167. The van der Waals surface area contributed by atoms with Crippen LogP contribution in [0.4, 0.5) is 19.0 Å². The number of carbonyl (C=O) groups is 1. The van der Waals surface area contributed by atoms with Gasteiger partial charge in [-0.05, 0) is 11.6 Å². The van der Waals surface area contributed by atoms with Crippen LogP contribution in [0, 0.1) is 0 Å². The molecule has 0 unspecified atom stereocenters. The number of hydrogen-bond donors (Lipinski definition) is 2. The summed E-state index contributed by atoms with van der Waals surface area (Å²) in [6, 6.07) is 4.99. The summed E-state index contributed by atoms with van der Waals surface area (Å²) in [6.45, 7) is -0.255. The number of anilines is 1. The van der Waals surface area contributed by atoms with Gasteiger partial charge >= 0.3 is 12.1 Å². The second kappa shape index (κ2) is 4.87. The van der Waals surface area contributed by atoms with E-state index in [4.69, 9.17) is 10.8 Å². The number of nitrogens with two attached hydrogens (primary N) is 1. The third-order valence-electron chi connectivity index (χ3n) is 2.75. The van der Waals surface area contributed by atoms with Gasteiger partial charge in [-0.25, -0.2) is 9.48 Å². The Kier molecular flexibility index (Phi) is 3.39. The number of rotatable bonds is 3. The molecule has 106 valence electrons. The van der Waals surface area contributed by atoms with Crippen molar-refractivity contribution in [1.82, 2.24) is 9.78 Å². The maximum atomic E-state index is 12.8. The summed E-state index contributed by atoms with van der Waals surface area (Å²) in [7, 11) is 0. The first-order valence-corrected chi connectivity index (χ1v) is 5.50. The molecule has 5 nitrogen and oxygen atoms in total. The molecule has 0 fully saturated rings. The average molecular weight is 285 g/mol. The molecule has 1 heterocycles. The number of nitrogens with zero attached hydrogens (tertiary/aromatic N) is 2.